The van der Waals surface area contributed by atoms with Crippen LogP contribution in [0.1, 0.15) is 17.0 Å². The van der Waals surface area contributed by atoms with Gasteiger partial charge in [0.05, 0.1) is 22.4 Å². The third-order valence-corrected chi connectivity index (χ3v) is 6.62. The number of para-hydroxylation sites is 2. The van der Waals surface area contributed by atoms with Crippen molar-refractivity contribution in [3.05, 3.63) is 138 Å². The fraction of sp³-hybridized carbons (Fsp3) is 0.0857. The normalized spacial score (nSPS) is 11.1. The van der Waals surface area contributed by atoms with Gasteiger partial charge in [-0.3, -0.25) is 0 Å². The first-order valence-electron chi connectivity index (χ1n) is 13.6. The average Bonchev–Trinajstić information content (AvgIpc) is 3.06. The molecule has 9 heteroatoms. The minimum absolute atomic E-state index is 0. The van der Waals surface area contributed by atoms with Crippen LogP contribution in [0.15, 0.2) is 126 Å². The topological polar surface area (TPSA) is 92.1 Å². The molecule has 0 aliphatic carbocycles. The molecule has 0 aliphatic heterocycles. The van der Waals surface area contributed by atoms with Gasteiger partial charge in [-0.1, -0.05) is 53.7 Å². The zero-order valence-electron chi connectivity index (χ0n) is 23.3. The van der Waals surface area contributed by atoms with Gasteiger partial charge in [-0.15, -0.1) is 0 Å². The number of fused-ring (bicyclic) bond motifs is 2. The van der Waals surface area contributed by atoms with Crippen LogP contribution < -0.4 is 14.2 Å². The Hall–Kier alpha value is -4.76. The van der Waals surface area contributed by atoms with Gasteiger partial charge in [-0.2, -0.15) is 0 Å². The van der Waals surface area contributed by atoms with Gasteiger partial charge in [0.2, 0.25) is 0 Å². The van der Waals surface area contributed by atoms with Gasteiger partial charge >= 0.3 is 35.5 Å². The second-order valence-corrected chi connectivity index (χ2v) is 9.58. The van der Waals surface area contributed by atoms with Crippen molar-refractivity contribution >= 4 is 63.0 Å². The first-order valence-corrected chi connectivity index (χ1v) is 13.6. The van der Waals surface area contributed by atoms with E-state index in [4.69, 9.17) is 19.0 Å². The summed E-state index contributed by atoms with van der Waals surface area (Å²) < 4.78 is 17.3. The second kappa shape index (κ2) is 14.6. The molecule has 0 unspecified atom stereocenters. The van der Waals surface area contributed by atoms with E-state index in [0.717, 1.165) is 33.2 Å². The molecule has 2 heterocycles. The van der Waals surface area contributed by atoms with Crippen LogP contribution in [0.4, 0.5) is 0 Å². The fourth-order valence-corrected chi connectivity index (χ4v) is 4.46. The van der Waals surface area contributed by atoms with Crippen molar-refractivity contribution in [2.75, 3.05) is 7.11 Å². The molecule has 0 saturated heterocycles. The van der Waals surface area contributed by atoms with Crippen LogP contribution in [0.25, 0.3) is 21.8 Å². The summed E-state index contributed by atoms with van der Waals surface area (Å²) >= 11 is 0. The SMILES string of the molecule is CON=C(C(=O)Oc1ccc(OCc2ccc3ccccc3n2)cc1)c1ccc(OCc2ccc3ccccc3n2)cc1.[NaH]. The fourth-order valence-electron chi connectivity index (χ4n) is 4.46. The first kappa shape index (κ1) is 30.7. The maximum atomic E-state index is 13.0. The summed E-state index contributed by atoms with van der Waals surface area (Å²) in [5.74, 6) is 0.922. The van der Waals surface area contributed by atoms with Gasteiger partial charge in [-0.25, -0.2) is 14.8 Å². The molecule has 0 saturated carbocycles. The Morgan fingerprint density at radius 3 is 1.61 bits per heavy atom. The Bertz CT molecular complexity index is 1910. The van der Waals surface area contributed by atoms with Gasteiger partial charge in [0.25, 0.3) is 0 Å². The molecular weight excluding hydrogens is 565 g/mol. The van der Waals surface area contributed by atoms with Crippen LogP contribution >= 0.6 is 0 Å². The van der Waals surface area contributed by atoms with Gasteiger partial charge in [0, 0.05) is 16.3 Å². The maximum absolute atomic E-state index is 13.0. The Labute approximate surface area is 276 Å². The Kier molecular flexibility index (Phi) is 10.2. The van der Waals surface area contributed by atoms with Crippen molar-refractivity contribution in [2.24, 2.45) is 5.16 Å². The number of benzene rings is 4. The first-order chi connectivity index (χ1) is 21.1. The van der Waals surface area contributed by atoms with Crippen LogP contribution in [-0.4, -0.2) is 58.3 Å². The van der Waals surface area contributed by atoms with Crippen LogP contribution in [0.2, 0.25) is 0 Å². The summed E-state index contributed by atoms with van der Waals surface area (Å²) in [6.45, 7) is 0.622. The number of pyridine rings is 2. The molecule has 214 valence electrons. The molecule has 0 spiro atoms. The van der Waals surface area contributed by atoms with E-state index in [9.17, 15) is 4.79 Å². The van der Waals surface area contributed by atoms with Gasteiger partial charge < -0.3 is 19.0 Å². The van der Waals surface area contributed by atoms with Crippen molar-refractivity contribution in [3.63, 3.8) is 0 Å². The summed E-state index contributed by atoms with van der Waals surface area (Å²) in [7, 11) is 1.37. The third-order valence-electron chi connectivity index (χ3n) is 6.62. The number of ether oxygens (including phenoxy) is 3. The number of esters is 1. The minimum atomic E-state index is -0.662. The second-order valence-electron chi connectivity index (χ2n) is 9.58. The molecule has 0 amide bonds. The number of hydrogen-bond donors (Lipinski definition) is 0. The number of nitrogens with zero attached hydrogens (tertiary/aromatic N) is 3. The predicted molar refractivity (Wildman–Crippen MR) is 171 cm³/mol. The van der Waals surface area contributed by atoms with E-state index in [0.29, 0.717) is 36.0 Å². The molecule has 8 nitrogen and oxygen atoms in total. The predicted octanol–water partition coefficient (Wildman–Crippen LogP) is 6.25. The number of carbonyl (C=O) groups excluding carboxylic acids is 1. The molecule has 44 heavy (non-hydrogen) atoms. The molecule has 0 N–H and O–H groups in total. The number of carbonyl (C=O) groups is 1. The molecule has 0 bridgehead atoms. The van der Waals surface area contributed by atoms with Crippen molar-refractivity contribution in [1.82, 2.24) is 9.97 Å². The van der Waals surface area contributed by atoms with E-state index in [2.05, 4.69) is 15.1 Å². The zero-order valence-corrected chi connectivity index (χ0v) is 23.3. The molecule has 6 aromatic rings. The molecule has 0 atom stereocenters. The summed E-state index contributed by atoms with van der Waals surface area (Å²) in [5, 5.41) is 6.06. The van der Waals surface area contributed by atoms with E-state index >= 15 is 0 Å². The van der Waals surface area contributed by atoms with E-state index in [-0.39, 0.29) is 35.3 Å². The summed E-state index contributed by atoms with van der Waals surface area (Å²) in [6.07, 6.45) is 0. The van der Waals surface area contributed by atoms with Crippen molar-refractivity contribution in [1.29, 1.82) is 0 Å². The number of oxime groups is 1. The van der Waals surface area contributed by atoms with E-state index in [1.807, 2.05) is 72.8 Å². The Balaban J connectivity index is 0.00000384. The Morgan fingerprint density at radius 2 is 1.09 bits per heavy atom. The molecule has 6 rings (SSSR count). The Morgan fingerprint density at radius 1 is 0.614 bits per heavy atom. The molecule has 2 aromatic heterocycles. The van der Waals surface area contributed by atoms with E-state index in [1.165, 1.54) is 7.11 Å². The summed E-state index contributed by atoms with van der Waals surface area (Å²) in [4.78, 5) is 27.2. The van der Waals surface area contributed by atoms with Crippen LogP contribution in [0, 0.1) is 0 Å². The number of rotatable bonds is 10. The number of aromatic nitrogens is 2. The number of hydrogen-bond acceptors (Lipinski definition) is 8. The van der Waals surface area contributed by atoms with Crippen molar-refractivity contribution in [2.45, 2.75) is 13.2 Å². The van der Waals surface area contributed by atoms with Crippen molar-refractivity contribution in [3.8, 4) is 17.2 Å². The molecular formula is C35H28N3NaO5. The van der Waals surface area contributed by atoms with Gasteiger partial charge in [-0.05, 0) is 72.8 Å². The third kappa shape index (κ3) is 7.60. The molecule has 0 aliphatic rings. The van der Waals surface area contributed by atoms with Gasteiger partial charge in [0.15, 0.2) is 5.71 Å². The summed E-state index contributed by atoms with van der Waals surface area (Å²) in [5.41, 5.74) is 4.00. The van der Waals surface area contributed by atoms with Crippen LogP contribution in [0.5, 0.6) is 17.2 Å². The van der Waals surface area contributed by atoms with Gasteiger partial charge in [0.1, 0.15) is 37.6 Å². The van der Waals surface area contributed by atoms with Crippen molar-refractivity contribution < 1.29 is 23.8 Å². The average molecular weight is 594 g/mol. The van der Waals surface area contributed by atoms with Crippen LogP contribution in [-0.2, 0) is 22.8 Å². The zero-order chi connectivity index (χ0) is 29.4. The summed E-state index contributed by atoms with van der Waals surface area (Å²) in [6, 6.07) is 37.5. The quantitative estimate of drug-likeness (QED) is 0.0610. The monoisotopic (exact) mass is 593 g/mol. The standard InChI is InChI=1S/C35H27N3O5.Na.H/c1-40-38-34(26-12-16-29(17-13-26)41-22-27-14-10-24-6-2-4-8-32(24)36-27)35(39)43-31-20-18-30(19-21-31)42-23-28-15-11-25-7-3-5-9-33(25)37-28;;/h2-21H,22-23H2,1H3;;. The molecule has 0 fully saturated rings. The molecule has 0 radical (unpaired) electrons. The van der Waals surface area contributed by atoms with Crippen LogP contribution in [0.3, 0.4) is 0 Å². The van der Waals surface area contributed by atoms with E-state index in [1.54, 1.807) is 48.5 Å². The molecule has 4 aromatic carbocycles. The van der Waals surface area contributed by atoms with E-state index < -0.39 is 5.97 Å².